The number of anilines is 2. The van der Waals surface area contributed by atoms with Crippen molar-refractivity contribution < 1.29 is 23.0 Å². The topological polar surface area (TPSA) is 68.2 Å². The summed E-state index contributed by atoms with van der Waals surface area (Å²) in [5.74, 6) is 1.43. The molecule has 7 heteroatoms. The van der Waals surface area contributed by atoms with E-state index in [0.29, 0.717) is 18.1 Å². The Labute approximate surface area is 143 Å². The van der Waals surface area contributed by atoms with Crippen LogP contribution in [0.15, 0.2) is 48.5 Å². The molecule has 2 aliphatic heterocycles. The minimum atomic E-state index is -0.848. The van der Waals surface area contributed by atoms with E-state index in [1.165, 1.54) is 0 Å². The second-order valence-corrected chi connectivity index (χ2v) is 6.08. The standard InChI is InChI=1S/C17H17NO5S/c19-17-13(9-21-10-16(17)23-24-20)18-11-5-1-3-7-14(11)22-15-8-4-2-6-12(15)18/h1-8,13,16-17,19,24H,9-10H2/t13?,16-,17+/m1/s1. The van der Waals surface area contributed by atoms with Gasteiger partial charge in [0.05, 0.1) is 30.6 Å². The zero-order chi connectivity index (χ0) is 16.5. The van der Waals surface area contributed by atoms with Crippen molar-refractivity contribution >= 4 is 23.3 Å². The monoisotopic (exact) mass is 347 g/mol. The molecular formula is C17H17NO5S. The van der Waals surface area contributed by atoms with Crippen LogP contribution in [-0.2, 0) is 20.9 Å². The molecule has 0 amide bonds. The molecule has 2 aromatic carbocycles. The van der Waals surface area contributed by atoms with Crippen molar-refractivity contribution in [2.45, 2.75) is 18.2 Å². The van der Waals surface area contributed by atoms with Crippen LogP contribution < -0.4 is 9.64 Å². The third-order valence-electron chi connectivity index (χ3n) is 4.33. The molecular weight excluding hydrogens is 330 g/mol. The van der Waals surface area contributed by atoms with Crippen LogP contribution in [0.5, 0.6) is 11.5 Å². The normalized spacial score (nSPS) is 25.5. The van der Waals surface area contributed by atoms with Gasteiger partial charge in [-0.1, -0.05) is 24.3 Å². The largest absolute Gasteiger partial charge is 0.453 e. The molecule has 0 bridgehead atoms. The van der Waals surface area contributed by atoms with Crippen molar-refractivity contribution in [3.05, 3.63) is 48.5 Å². The quantitative estimate of drug-likeness (QED) is 0.827. The smallest absolute Gasteiger partial charge is 0.151 e. The molecule has 1 unspecified atom stereocenters. The summed E-state index contributed by atoms with van der Waals surface area (Å²) in [7, 11) is 0. The van der Waals surface area contributed by atoms with Crippen LogP contribution in [-0.4, -0.2) is 40.8 Å². The van der Waals surface area contributed by atoms with Crippen LogP contribution in [0, 0.1) is 0 Å². The van der Waals surface area contributed by atoms with Crippen molar-refractivity contribution in [1.82, 2.24) is 0 Å². The van der Waals surface area contributed by atoms with Gasteiger partial charge >= 0.3 is 0 Å². The molecule has 0 aliphatic carbocycles. The summed E-state index contributed by atoms with van der Waals surface area (Å²) in [5, 5.41) is 10.7. The summed E-state index contributed by atoms with van der Waals surface area (Å²) >= 11 is -0.467. The maximum atomic E-state index is 10.8. The van der Waals surface area contributed by atoms with Gasteiger partial charge in [0.2, 0.25) is 0 Å². The lowest BCUT2D eigenvalue weighted by Crippen LogP contribution is -2.55. The Morgan fingerprint density at radius 3 is 2.29 bits per heavy atom. The fraction of sp³-hybridized carbons (Fsp3) is 0.294. The molecule has 0 spiro atoms. The molecule has 3 atom stereocenters. The molecule has 2 heterocycles. The summed E-state index contributed by atoms with van der Waals surface area (Å²) in [6.45, 7) is 0.542. The lowest BCUT2D eigenvalue weighted by molar-refractivity contribution is -0.0801. The van der Waals surface area contributed by atoms with Crippen molar-refractivity contribution in [1.29, 1.82) is 0 Å². The summed E-state index contributed by atoms with van der Waals surface area (Å²) in [6.07, 6.45) is -1.50. The van der Waals surface area contributed by atoms with Gasteiger partial charge < -0.3 is 19.5 Å². The average Bonchev–Trinajstić information content (AvgIpc) is 2.62. The van der Waals surface area contributed by atoms with Crippen LogP contribution in [0.2, 0.25) is 0 Å². The molecule has 24 heavy (non-hydrogen) atoms. The van der Waals surface area contributed by atoms with Crippen LogP contribution >= 0.6 is 0 Å². The number of rotatable bonds is 3. The second-order valence-electron chi connectivity index (χ2n) is 5.72. The SMILES string of the molecule is O=[SH]O[C@@H]1COCC(N2c3ccccc3Oc3ccccc32)[C@@H]1O. The predicted molar refractivity (Wildman–Crippen MR) is 90.1 cm³/mol. The first-order chi connectivity index (χ1) is 11.8. The first kappa shape index (κ1) is 15.6. The van der Waals surface area contributed by atoms with E-state index < -0.39 is 24.2 Å². The third-order valence-corrected chi connectivity index (χ3v) is 4.68. The molecule has 4 rings (SSSR count). The van der Waals surface area contributed by atoms with Crippen molar-refractivity contribution in [2.24, 2.45) is 0 Å². The number of aliphatic hydroxyl groups is 1. The van der Waals surface area contributed by atoms with E-state index in [4.69, 9.17) is 13.7 Å². The Balaban J connectivity index is 1.78. The van der Waals surface area contributed by atoms with E-state index >= 15 is 0 Å². The molecule has 1 N–H and O–H groups in total. The number of hydrogen-bond acceptors (Lipinski definition) is 6. The minimum Gasteiger partial charge on any atom is -0.453 e. The molecule has 0 saturated carbocycles. The van der Waals surface area contributed by atoms with Gasteiger partial charge in [-0.3, -0.25) is 4.18 Å². The van der Waals surface area contributed by atoms with Crippen molar-refractivity contribution in [3.63, 3.8) is 0 Å². The summed E-state index contributed by atoms with van der Waals surface area (Å²) in [4.78, 5) is 2.01. The molecule has 2 aliphatic rings. The van der Waals surface area contributed by atoms with Crippen LogP contribution in [0.25, 0.3) is 0 Å². The zero-order valence-electron chi connectivity index (χ0n) is 12.7. The molecule has 6 nitrogen and oxygen atoms in total. The fourth-order valence-corrected chi connectivity index (χ4v) is 3.51. The number of para-hydroxylation sites is 4. The van der Waals surface area contributed by atoms with Gasteiger partial charge in [0, 0.05) is 0 Å². The van der Waals surface area contributed by atoms with E-state index in [2.05, 4.69) is 0 Å². The van der Waals surface area contributed by atoms with Gasteiger partial charge in [-0.25, -0.2) is 4.21 Å². The first-order valence-corrected chi connectivity index (χ1v) is 8.42. The molecule has 126 valence electrons. The molecule has 0 aromatic heterocycles. The van der Waals surface area contributed by atoms with E-state index in [0.717, 1.165) is 11.4 Å². The Bertz CT molecular complexity index is 710. The number of ether oxygens (including phenoxy) is 2. The number of aliphatic hydroxyl groups excluding tert-OH is 1. The average molecular weight is 347 g/mol. The summed E-state index contributed by atoms with van der Waals surface area (Å²) < 4.78 is 27.4. The fourth-order valence-electron chi connectivity index (χ4n) is 3.22. The summed E-state index contributed by atoms with van der Waals surface area (Å²) in [5.41, 5.74) is 1.70. The van der Waals surface area contributed by atoms with Gasteiger partial charge in [-0.15, -0.1) is 0 Å². The molecule has 1 saturated heterocycles. The molecule has 2 aromatic rings. The first-order valence-electron chi connectivity index (χ1n) is 7.69. The van der Waals surface area contributed by atoms with Crippen LogP contribution in [0.1, 0.15) is 0 Å². The van der Waals surface area contributed by atoms with Crippen LogP contribution in [0.3, 0.4) is 0 Å². The van der Waals surface area contributed by atoms with Gasteiger partial charge in [-0.2, -0.15) is 0 Å². The highest BCUT2D eigenvalue weighted by atomic mass is 32.2. The van der Waals surface area contributed by atoms with E-state index in [9.17, 15) is 9.32 Å². The number of nitrogens with zero attached hydrogens (tertiary/aromatic N) is 1. The van der Waals surface area contributed by atoms with Gasteiger partial charge in [0.1, 0.15) is 24.2 Å². The van der Waals surface area contributed by atoms with Gasteiger partial charge in [-0.05, 0) is 24.3 Å². The van der Waals surface area contributed by atoms with Crippen molar-refractivity contribution in [3.8, 4) is 11.5 Å². The lowest BCUT2D eigenvalue weighted by atomic mass is 9.99. The minimum absolute atomic E-state index is 0.209. The maximum Gasteiger partial charge on any atom is 0.151 e. The van der Waals surface area contributed by atoms with Gasteiger partial charge in [0.15, 0.2) is 11.5 Å². The Morgan fingerprint density at radius 1 is 1.04 bits per heavy atom. The predicted octanol–water partition coefficient (Wildman–Crippen LogP) is 1.94. The number of fused-ring (bicyclic) bond motifs is 2. The number of hydrogen-bond donors (Lipinski definition) is 2. The third kappa shape index (κ3) is 2.59. The number of thiol groups is 1. The lowest BCUT2D eigenvalue weighted by Gasteiger charge is -2.43. The Kier molecular flexibility index (Phi) is 4.24. The zero-order valence-corrected chi connectivity index (χ0v) is 13.6. The van der Waals surface area contributed by atoms with Crippen LogP contribution in [0.4, 0.5) is 11.4 Å². The second kappa shape index (κ2) is 6.52. The van der Waals surface area contributed by atoms with E-state index in [1.807, 2.05) is 53.4 Å². The molecule has 0 radical (unpaired) electrons. The Hall–Kier alpha value is -1.93. The van der Waals surface area contributed by atoms with Gasteiger partial charge in [0.25, 0.3) is 0 Å². The number of benzene rings is 2. The van der Waals surface area contributed by atoms with E-state index in [-0.39, 0.29) is 12.6 Å². The highest BCUT2D eigenvalue weighted by Gasteiger charge is 2.40. The maximum absolute atomic E-state index is 10.8. The Morgan fingerprint density at radius 2 is 1.67 bits per heavy atom. The summed E-state index contributed by atoms with van der Waals surface area (Å²) in [6, 6.07) is 14.9. The van der Waals surface area contributed by atoms with E-state index in [1.54, 1.807) is 0 Å². The highest BCUT2D eigenvalue weighted by molar-refractivity contribution is 7.60. The highest BCUT2D eigenvalue weighted by Crippen LogP contribution is 2.48. The van der Waals surface area contributed by atoms with Crippen molar-refractivity contribution in [2.75, 3.05) is 18.1 Å². The molecule has 1 fully saturated rings.